The second-order valence-corrected chi connectivity index (χ2v) is 4.02. The van der Waals surface area contributed by atoms with Crippen molar-refractivity contribution in [3.63, 3.8) is 0 Å². The zero-order valence-electron chi connectivity index (χ0n) is 8.83. The Labute approximate surface area is 93.9 Å². The molecule has 0 aromatic heterocycles. The molecule has 1 aliphatic heterocycles. The van der Waals surface area contributed by atoms with Gasteiger partial charge in [0, 0.05) is 12.2 Å². The molecule has 0 saturated carbocycles. The van der Waals surface area contributed by atoms with Crippen molar-refractivity contribution in [1.29, 1.82) is 0 Å². The Kier molecular flexibility index (Phi) is 2.13. The van der Waals surface area contributed by atoms with Crippen molar-refractivity contribution < 1.29 is 4.39 Å². The highest BCUT2D eigenvalue weighted by Gasteiger charge is 2.14. The SMILES string of the molecule is Fc1cccc(-c2cccc3c2CCN3)c1. The van der Waals surface area contributed by atoms with Crippen molar-refractivity contribution in [2.45, 2.75) is 6.42 Å². The van der Waals surface area contributed by atoms with Crippen LogP contribution in [0.2, 0.25) is 0 Å². The molecule has 0 fully saturated rings. The first-order valence-corrected chi connectivity index (χ1v) is 5.46. The van der Waals surface area contributed by atoms with Gasteiger partial charge in [-0.15, -0.1) is 0 Å². The van der Waals surface area contributed by atoms with Crippen LogP contribution in [-0.4, -0.2) is 6.54 Å². The summed E-state index contributed by atoms with van der Waals surface area (Å²) in [5, 5.41) is 3.33. The van der Waals surface area contributed by atoms with E-state index in [-0.39, 0.29) is 5.82 Å². The smallest absolute Gasteiger partial charge is 0.123 e. The Hall–Kier alpha value is -1.83. The first-order valence-electron chi connectivity index (χ1n) is 5.46. The summed E-state index contributed by atoms with van der Waals surface area (Å²) in [7, 11) is 0. The molecule has 1 aliphatic rings. The maximum absolute atomic E-state index is 13.2. The fourth-order valence-electron chi connectivity index (χ4n) is 2.27. The molecular formula is C14H12FN. The van der Waals surface area contributed by atoms with E-state index in [1.807, 2.05) is 12.1 Å². The molecule has 1 heterocycles. The molecule has 80 valence electrons. The van der Waals surface area contributed by atoms with Crippen LogP contribution in [0.4, 0.5) is 10.1 Å². The van der Waals surface area contributed by atoms with E-state index in [1.165, 1.54) is 17.3 Å². The van der Waals surface area contributed by atoms with Crippen LogP contribution in [0.15, 0.2) is 42.5 Å². The van der Waals surface area contributed by atoms with Crippen LogP contribution in [0, 0.1) is 5.82 Å². The minimum Gasteiger partial charge on any atom is -0.384 e. The molecule has 2 heteroatoms. The van der Waals surface area contributed by atoms with E-state index < -0.39 is 0 Å². The fourth-order valence-corrected chi connectivity index (χ4v) is 2.27. The lowest BCUT2D eigenvalue weighted by atomic mass is 9.98. The topological polar surface area (TPSA) is 12.0 Å². The molecule has 0 unspecified atom stereocenters. The summed E-state index contributed by atoms with van der Waals surface area (Å²) >= 11 is 0. The van der Waals surface area contributed by atoms with Crippen LogP contribution in [-0.2, 0) is 6.42 Å². The van der Waals surface area contributed by atoms with Gasteiger partial charge in [0.05, 0.1) is 0 Å². The Morgan fingerprint density at radius 3 is 2.81 bits per heavy atom. The van der Waals surface area contributed by atoms with Crippen molar-refractivity contribution in [3.05, 3.63) is 53.8 Å². The third kappa shape index (κ3) is 1.47. The monoisotopic (exact) mass is 213 g/mol. The molecule has 0 saturated heterocycles. The zero-order valence-corrected chi connectivity index (χ0v) is 8.83. The average molecular weight is 213 g/mol. The van der Waals surface area contributed by atoms with Gasteiger partial charge < -0.3 is 5.32 Å². The Bertz CT molecular complexity index is 534. The number of benzene rings is 2. The predicted octanol–water partition coefficient (Wildman–Crippen LogP) is 3.46. The van der Waals surface area contributed by atoms with E-state index in [4.69, 9.17) is 0 Å². The zero-order chi connectivity index (χ0) is 11.0. The average Bonchev–Trinajstić information content (AvgIpc) is 2.76. The van der Waals surface area contributed by atoms with Crippen molar-refractivity contribution in [1.82, 2.24) is 0 Å². The number of halogens is 1. The molecular weight excluding hydrogens is 201 g/mol. The number of nitrogens with one attached hydrogen (secondary N) is 1. The summed E-state index contributed by atoms with van der Waals surface area (Å²) in [6.45, 7) is 0.974. The molecule has 1 N–H and O–H groups in total. The first-order chi connectivity index (χ1) is 7.84. The molecule has 2 aromatic carbocycles. The Balaban J connectivity index is 2.17. The molecule has 0 aliphatic carbocycles. The van der Waals surface area contributed by atoms with Crippen molar-refractivity contribution in [2.24, 2.45) is 0 Å². The maximum Gasteiger partial charge on any atom is 0.123 e. The molecule has 0 amide bonds. The van der Waals surface area contributed by atoms with E-state index >= 15 is 0 Å². The molecule has 0 spiro atoms. The second-order valence-electron chi connectivity index (χ2n) is 4.02. The lowest BCUT2D eigenvalue weighted by Gasteiger charge is -2.07. The summed E-state index contributed by atoms with van der Waals surface area (Å²) < 4.78 is 13.2. The van der Waals surface area contributed by atoms with Crippen LogP contribution in [0.5, 0.6) is 0 Å². The number of hydrogen-bond acceptors (Lipinski definition) is 1. The number of hydrogen-bond donors (Lipinski definition) is 1. The third-order valence-corrected chi connectivity index (χ3v) is 3.00. The Morgan fingerprint density at radius 2 is 1.94 bits per heavy atom. The van der Waals surface area contributed by atoms with E-state index in [0.29, 0.717) is 0 Å². The quantitative estimate of drug-likeness (QED) is 0.765. The molecule has 16 heavy (non-hydrogen) atoms. The van der Waals surface area contributed by atoms with Gasteiger partial charge in [-0.1, -0.05) is 24.3 Å². The highest BCUT2D eigenvalue weighted by atomic mass is 19.1. The predicted molar refractivity (Wildman–Crippen MR) is 64.0 cm³/mol. The van der Waals surface area contributed by atoms with E-state index in [0.717, 1.165) is 24.1 Å². The van der Waals surface area contributed by atoms with Gasteiger partial charge in [-0.05, 0) is 41.3 Å². The lowest BCUT2D eigenvalue weighted by Crippen LogP contribution is -1.90. The minimum absolute atomic E-state index is 0.180. The van der Waals surface area contributed by atoms with Crippen LogP contribution in [0.25, 0.3) is 11.1 Å². The van der Waals surface area contributed by atoms with Gasteiger partial charge in [0.1, 0.15) is 5.82 Å². The summed E-state index contributed by atoms with van der Waals surface area (Å²) in [6.07, 6.45) is 1.02. The number of rotatable bonds is 1. The minimum atomic E-state index is -0.180. The standard InChI is InChI=1S/C14H12FN/c15-11-4-1-3-10(9-11)12-5-2-6-14-13(12)7-8-16-14/h1-6,9,16H,7-8H2. The van der Waals surface area contributed by atoms with E-state index in [1.54, 1.807) is 12.1 Å². The first kappa shape index (κ1) is 9.40. The summed E-state index contributed by atoms with van der Waals surface area (Å²) in [4.78, 5) is 0. The molecule has 0 atom stereocenters. The lowest BCUT2D eigenvalue weighted by molar-refractivity contribution is 0.628. The normalized spacial score (nSPS) is 13.3. The van der Waals surface area contributed by atoms with Crippen LogP contribution >= 0.6 is 0 Å². The molecule has 0 radical (unpaired) electrons. The molecule has 3 rings (SSSR count). The summed E-state index contributed by atoms with van der Waals surface area (Å²) in [6, 6.07) is 12.9. The highest BCUT2D eigenvalue weighted by molar-refractivity contribution is 5.75. The van der Waals surface area contributed by atoms with Crippen LogP contribution in [0.1, 0.15) is 5.56 Å². The van der Waals surface area contributed by atoms with Crippen LogP contribution < -0.4 is 5.32 Å². The molecule has 2 aromatic rings. The second kappa shape index (κ2) is 3.63. The largest absolute Gasteiger partial charge is 0.384 e. The number of anilines is 1. The van der Waals surface area contributed by atoms with E-state index in [2.05, 4.69) is 17.4 Å². The van der Waals surface area contributed by atoms with Gasteiger partial charge in [-0.25, -0.2) is 4.39 Å². The van der Waals surface area contributed by atoms with E-state index in [9.17, 15) is 4.39 Å². The maximum atomic E-state index is 13.2. The molecule has 1 nitrogen and oxygen atoms in total. The summed E-state index contributed by atoms with van der Waals surface area (Å²) in [5.74, 6) is -0.180. The third-order valence-electron chi connectivity index (χ3n) is 3.00. The molecule has 0 bridgehead atoms. The Morgan fingerprint density at radius 1 is 1.06 bits per heavy atom. The van der Waals surface area contributed by atoms with Gasteiger partial charge >= 0.3 is 0 Å². The van der Waals surface area contributed by atoms with Gasteiger partial charge in [0.15, 0.2) is 0 Å². The van der Waals surface area contributed by atoms with Gasteiger partial charge in [-0.3, -0.25) is 0 Å². The van der Waals surface area contributed by atoms with Gasteiger partial charge in [0.25, 0.3) is 0 Å². The van der Waals surface area contributed by atoms with Crippen molar-refractivity contribution in [3.8, 4) is 11.1 Å². The highest BCUT2D eigenvalue weighted by Crippen LogP contribution is 2.32. The fraction of sp³-hybridized carbons (Fsp3) is 0.143. The van der Waals surface area contributed by atoms with Gasteiger partial charge in [-0.2, -0.15) is 0 Å². The number of fused-ring (bicyclic) bond motifs is 1. The summed E-state index contributed by atoms with van der Waals surface area (Å²) in [5.41, 5.74) is 4.58. The van der Waals surface area contributed by atoms with Crippen molar-refractivity contribution in [2.75, 3.05) is 11.9 Å². The van der Waals surface area contributed by atoms with Crippen molar-refractivity contribution >= 4 is 5.69 Å². The van der Waals surface area contributed by atoms with Crippen LogP contribution in [0.3, 0.4) is 0 Å². The van der Waals surface area contributed by atoms with Gasteiger partial charge in [0.2, 0.25) is 0 Å².